The third-order valence-corrected chi connectivity index (χ3v) is 9.43. The number of fused-ring (bicyclic) bond motifs is 1. The molecule has 4 N–H and O–H groups in total. The van der Waals surface area contributed by atoms with Gasteiger partial charge in [0.15, 0.2) is 5.82 Å². The highest BCUT2D eigenvalue weighted by atomic mass is 16.3. The number of likely N-dealkylation sites (tertiary alicyclic amines) is 2. The average molecular weight is 548 g/mol. The van der Waals surface area contributed by atoms with Gasteiger partial charge in [-0.05, 0) is 77.4 Å². The molecule has 1 aliphatic carbocycles. The minimum absolute atomic E-state index is 0.191. The van der Waals surface area contributed by atoms with E-state index in [4.69, 9.17) is 20.8 Å². The Morgan fingerprint density at radius 2 is 1.73 bits per heavy atom. The summed E-state index contributed by atoms with van der Waals surface area (Å²) in [5.41, 5.74) is 10.4. The topological polar surface area (TPSA) is 121 Å². The third kappa shape index (κ3) is 5.66. The maximum atomic E-state index is 10.2. The quantitative estimate of drug-likeness (QED) is 0.405. The van der Waals surface area contributed by atoms with Crippen LogP contribution in [0, 0.1) is 0 Å². The highest BCUT2D eigenvalue weighted by Gasteiger charge is 2.29. The van der Waals surface area contributed by atoms with Gasteiger partial charge in [0.05, 0.1) is 24.0 Å². The van der Waals surface area contributed by atoms with E-state index in [2.05, 4.69) is 44.8 Å². The Labute approximate surface area is 237 Å². The number of nitrogens with one attached hydrogen (secondary N) is 1. The Hall–Kier alpha value is -2.82. The number of aliphatic hydroxyl groups excluding tert-OH is 1. The summed E-state index contributed by atoms with van der Waals surface area (Å²) in [7, 11) is 0. The SMILES string of the molecule is CCc1nc2c(N)ncc(-c3cnn(C4CCN(C5CCN(CC)CC5)CC4)c3)c2nc1NC1CCCC(O)C1. The van der Waals surface area contributed by atoms with Crippen molar-refractivity contribution in [3.63, 3.8) is 0 Å². The van der Waals surface area contributed by atoms with Crippen LogP contribution in [0.5, 0.6) is 0 Å². The maximum Gasteiger partial charge on any atom is 0.151 e. The van der Waals surface area contributed by atoms with Gasteiger partial charge < -0.3 is 26.0 Å². The Bertz CT molecular complexity index is 1290. The lowest BCUT2D eigenvalue weighted by atomic mass is 9.93. The van der Waals surface area contributed by atoms with Crippen molar-refractivity contribution in [3.8, 4) is 11.1 Å². The van der Waals surface area contributed by atoms with Crippen LogP contribution in [0.1, 0.15) is 76.9 Å². The lowest BCUT2D eigenvalue weighted by molar-refractivity contribution is 0.0792. The van der Waals surface area contributed by atoms with E-state index in [0.717, 1.165) is 92.2 Å². The van der Waals surface area contributed by atoms with E-state index in [9.17, 15) is 5.11 Å². The van der Waals surface area contributed by atoms with E-state index in [1.807, 2.05) is 6.20 Å². The molecule has 3 fully saturated rings. The summed E-state index contributed by atoms with van der Waals surface area (Å²) in [6.07, 6.45) is 14.8. The fourth-order valence-corrected chi connectivity index (χ4v) is 6.95. The van der Waals surface area contributed by atoms with Gasteiger partial charge >= 0.3 is 0 Å². The van der Waals surface area contributed by atoms with Crippen molar-refractivity contribution in [1.82, 2.24) is 34.5 Å². The maximum absolute atomic E-state index is 10.2. The molecule has 1 saturated carbocycles. The average Bonchev–Trinajstić information content (AvgIpc) is 3.47. The number of aliphatic hydroxyl groups is 1. The van der Waals surface area contributed by atoms with E-state index >= 15 is 0 Å². The number of nitrogen functional groups attached to an aromatic ring is 1. The first kappa shape index (κ1) is 27.4. The van der Waals surface area contributed by atoms with E-state index < -0.39 is 0 Å². The standard InChI is InChI=1S/C30H45N9O/c1-3-26-30(34-21-6-5-7-24(40)16-21)36-27-25(18-32-29(31)28(27)35-26)20-17-33-39(19-20)23-10-14-38(15-11-23)22-8-12-37(4-2)13-9-22/h17-19,21-24,40H,3-16H2,1-2H3,(H2,31,32)(H,34,36). The highest BCUT2D eigenvalue weighted by Crippen LogP contribution is 2.33. The van der Waals surface area contributed by atoms with Crippen molar-refractivity contribution < 1.29 is 5.11 Å². The second kappa shape index (κ2) is 12.0. The molecular weight excluding hydrogens is 502 g/mol. The Balaban J connectivity index is 1.20. The number of hydrogen-bond donors (Lipinski definition) is 3. The Morgan fingerprint density at radius 1 is 0.950 bits per heavy atom. The minimum Gasteiger partial charge on any atom is -0.393 e. The molecule has 5 heterocycles. The molecule has 40 heavy (non-hydrogen) atoms. The molecule has 6 rings (SSSR count). The predicted octanol–water partition coefficient (Wildman–Crippen LogP) is 3.87. The van der Waals surface area contributed by atoms with Crippen molar-refractivity contribution in [2.24, 2.45) is 0 Å². The normalized spacial score (nSPS) is 24.1. The molecule has 2 atom stereocenters. The van der Waals surface area contributed by atoms with Gasteiger partial charge in [-0.15, -0.1) is 0 Å². The van der Waals surface area contributed by atoms with Crippen LogP contribution in [-0.2, 0) is 6.42 Å². The lowest BCUT2D eigenvalue weighted by Gasteiger charge is -2.41. The number of aryl methyl sites for hydroxylation is 1. The van der Waals surface area contributed by atoms with Gasteiger partial charge in [0.25, 0.3) is 0 Å². The van der Waals surface area contributed by atoms with Crippen LogP contribution >= 0.6 is 0 Å². The first-order chi connectivity index (χ1) is 19.5. The molecule has 3 aliphatic rings. The predicted molar refractivity (Wildman–Crippen MR) is 159 cm³/mol. The van der Waals surface area contributed by atoms with E-state index in [1.165, 1.54) is 32.5 Å². The molecule has 3 aromatic heterocycles. The first-order valence-corrected chi connectivity index (χ1v) is 15.4. The van der Waals surface area contributed by atoms with E-state index in [-0.39, 0.29) is 12.1 Å². The van der Waals surface area contributed by atoms with E-state index in [0.29, 0.717) is 17.4 Å². The largest absolute Gasteiger partial charge is 0.393 e. The molecule has 10 nitrogen and oxygen atoms in total. The number of nitrogens with two attached hydrogens (primary N) is 1. The Morgan fingerprint density at radius 3 is 2.45 bits per heavy atom. The Kier molecular flexibility index (Phi) is 8.18. The second-order valence-electron chi connectivity index (χ2n) is 11.9. The molecule has 0 radical (unpaired) electrons. The number of rotatable bonds is 7. The zero-order valence-electron chi connectivity index (χ0n) is 24.1. The van der Waals surface area contributed by atoms with Crippen molar-refractivity contribution in [2.45, 2.75) is 95.9 Å². The zero-order valence-corrected chi connectivity index (χ0v) is 24.1. The molecule has 2 aliphatic heterocycles. The van der Waals surface area contributed by atoms with Gasteiger partial charge in [-0.3, -0.25) is 4.68 Å². The molecular formula is C30H45N9O. The summed E-state index contributed by atoms with van der Waals surface area (Å²) >= 11 is 0. The van der Waals surface area contributed by atoms with Gasteiger partial charge in [-0.1, -0.05) is 13.8 Å². The molecule has 0 bridgehead atoms. The summed E-state index contributed by atoms with van der Waals surface area (Å²) in [5, 5.41) is 18.6. The van der Waals surface area contributed by atoms with Crippen LogP contribution in [0.25, 0.3) is 22.2 Å². The number of hydrogen-bond acceptors (Lipinski definition) is 9. The van der Waals surface area contributed by atoms with Crippen LogP contribution < -0.4 is 11.1 Å². The van der Waals surface area contributed by atoms with Crippen LogP contribution in [0.15, 0.2) is 18.6 Å². The van der Waals surface area contributed by atoms with E-state index in [1.54, 1.807) is 6.20 Å². The highest BCUT2D eigenvalue weighted by molar-refractivity contribution is 5.96. The minimum atomic E-state index is -0.257. The fraction of sp³-hybridized carbons (Fsp3) is 0.667. The number of anilines is 2. The van der Waals surface area contributed by atoms with Crippen molar-refractivity contribution >= 4 is 22.7 Å². The van der Waals surface area contributed by atoms with Crippen LogP contribution in [0.3, 0.4) is 0 Å². The molecule has 3 aromatic rings. The first-order valence-electron chi connectivity index (χ1n) is 15.4. The molecule has 0 spiro atoms. The van der Waals surface area contributed by atoms with Crippen molar-refractivity contribution in [1.29, 1.82) is 0 Å². The van der Waals surface area contributed by atoms with Crippen molar-refractivity contribution in [2.75, 3.05) is 43.8 Å². The number of pyridine rings is 1. The molecule has 10 heteroatoms. The van der Waals surface area contributed by atoms with Crippen molar-refractivity contribution in [3.05, 3.63) is 24.3 Å². The number of aromatic nitrogens is 5. The molecule has 0 amide bonds. The van der Waals surface area contributed by atoms with Gasteiger partial charge in [0.1, 0.15) is 16.9 Å². The summed E-state index contributed by atoms with van der Waals surface area (Å²) in [5.74, 6) is 1.18. The summed E-state index contributed by atoms with van der Waals surface area (Å²) < 4.78 is 2.14. The smallest absolute Gasteiger partial charge is 0.151 e. The van der Waals surface area contributed by atoms with Crippen LogP contribution in [0.4, 0.5) is 11.6 Å². The van der Waals surface area contributed by atoms with Gasteiger partial charge in [0, 0.05) is 48.7 Å². The molecule has 216 valence electrons. The van der Waals surface area contributed by atoms with Gasteiger partial charge in [-0.25, -0.2) is 15.0 Å². The summed E-state index contributed by atoms with van der Waals surface area (Å²) in [4.78, 5) is 19.8. The number of piperidine rings is 2. The number of nitrogens with zero attached hydrogens (tertiary/aromatic N) is 7. The van der Waals surface area contributed by atoms with Gasteiger partial charge in [-0.2, -0.15) is 5.10 Å². The molecule has 2 unspecified atom stereocenters. The third-order valence-electron chi connectivity index (χ3n) is 9.43. The zero-order chi connectivity index (χ0) is 27.6. The lowest BCUT2D eigenvalue weighted by Crippen LogP contribution is -2.47. The summed E-state index contributed by atoms with van der Waals surface area (Å²) in [6, 6.07) is 1.33. The van der Waals surface area contributed by atoms with Crippen LogP contribution in [-0.4, -0.2) is 90.6 Å². The van der Waals surface area contributed by atoms with Gasteiger partial charge in [0.2, 0.25) is 0 Å². The fourth-order valence-electron chi connectivity index (χ4n) is 6.95. The molecule has 0 aromatic carbocycles. The van der Waals surface area contributed by atoms with Crippen LogP contribution in [0.2, 0.25) is 0 Å². The monoisotopic (exact) mass is 547 g/mol. The molecule has 2 saturated heterocycles. The summed E-state index contributed by atoms with van der Waals surface area (Å²) in [6.45, 7) is 10.3. The second-order valence-corrected chi connectivity index (χ2v) is 11.9.